The molecule has 21 heavy (non-hydrogen) atoms. The van der Waals surface area contributed by atoms with Crippen LogP contribution in [0.25, 0.3) is 0 Å². The van der Waals surface area contributed by atoms with E-state index in [0.29, 0.717) is 11.8 Å². The zero-order chi connectivity index (χ0) is 15.2. The van der Waals surface area contributed by atoms with Crippen molar-refractivity contribution in [3.63, 3.8) is 0 Å². The average Bonchev–Trinajstić information content (AvgIpc) is 2.34. The Labute approximate surface area is 126 Å². The molecule has 0 aromatic heterocycles. The van der Waals surface area contributed by atoms with Gasteiger partial charge in [0, 0.05) is 0 Å². The van der Waals surface area contributed by atoms with E-state index in [9.17, 15) is 13.2 Å². The van der Waals surface area contributed by atoms with Gasteiger partial charge >= 0.3 is 0 Å². The van der Waals surface area contributed by atoms with Crippen LogP contribution in [0.3, 0.4) is 0 Å². The SMILES string of the molecule is CC(=O)C(OCC1CC2CC3CCC1C(C3)C2)S(=O)(=O)O. The molecule has 0 aliphatic heterocycles. The van der Waals surface area contributed by atoms with Crippen molar-refractivity contribution in [3.05, 3.63) is 0 Å². The fourth-order valence-electron chi connectivity index (χ4n) is 5.10. The minimum Gasteiger partial charge on any atom is -0.353 e. The molecule has 5 nitrogen and oxygen atoms in total. The van der Waals surface area contributed by atoms with Gasteiger partial charge < -0.3 is 4.74 Å². The van der Waals surface area contributed by atoms with Crippen LogP contribution in [0.4, 0.5) is 0 Å². The molecule has 0 aromatic rings. The highest BCUT2D eigenvalue weighted by molar-refractivity contribution is 7.87. The molecular weight excluding hydrogens is 292 g/mol. The van der Waals surface area contributed by atoms with E-state index in [4.69, 9.17) is 9.29 Å². The van der Waals surface area contributed by atoms with Gasteiger partial charge in [0.15, 0.2) is 5.78 Å². The summed E-state index contributed by atoms with van der Waals surface area (Å²) in [6.45, 7) is 1.41. The molecular formula is C15H24O5S. The second-order valence-corrected chi connectivity index (χ2v) is 8.69. The quantitative estimate of drug-likeness (QED) is 0.787. The summed E-state index contributed by atoms with van der Waals surface area (Å²) in [5, 5.41) is 0. The first-order valence-electron chi connectivity index (χ1n) is 7.93. The number of Topliss-reactive ketones (excluding diaryl/α,β-unsaturated/α-hetero) is 1. The first-order chi connectivity index (χ1) is 9.84. The Hall–Kier alpha value is -0.460. The lowest BCUT2D eigenvalue weighted by Crippen LogP contribution is -2.44. The average molecular weight is 316 g/mol. The lowest BCUT2D eigenvalue weighted by atomic mass is 9.54. The third kappa shape index (κ3) is 3.17. The van der Waals surface area contributed by atoms with Gasteiger partial charge in [-0.3, -0.25) is 9.35 Å². The van der Waals surface area contributed by atoms with Crippen LogP contribution in [0.5, 0.6) is 0 Å². The van der Waals surface area contributed by atoms with Crippen molar-refractivity contribution in [2.24, 2.45) is 29.6 Å². The number of ether oxygens (including phenoxy) is 1. The Morgan fingerprint density at radius 1 is 1.19 bits per heavy atom. The van der Waals surface area contributed by atoms with Crippen LogP contribution in [0.15, 0.2) is 0 Å². The van der Waals surface area contributed by atoms with Crippen molar-refractivity contribution in [3.8, 4) is 0 Å². The van der Waals surface area contributed by atoms with E-state index in [1.807, 2.05) is 0 Å². The second kappa shape index (κ2) is 5.63. The number of carbonyl (C=O) groups excluding carboxylic acids is 1. The normalized spacial score (nSPS) is 40.0. The lowest BCUT2D eigenvalue weighted by molar-refractivity contribution is -0.126. The van der Waals surface area contributed by atoms with Crippen LogP contribution in [0, 0.1) is 29.6 Å². The monoisotopic (exact) mass is 316 g/mol. The highest BCUT2D eigenvalue weighted by Gasteiger charge is 2.46. The van der Waals surface area contributed by atoms with Crippen molar-refractivity contribution < 1.29 is 22.5 Å². The van der Waals surface area contributed by atoms with E-state index in [2.05, 4.69) is 0 Å². The molecule has 3 bridgehead atoms. The van der Waals surface area contributed by atoms with Gasteiger partial charge in [-0.2, -0.15) is 8.42 Å². The smallest absolute Gasteiger partial charge is 0.299 e. The molecule has 1 N–H and O–H groups in total. The van der Waals surface area contributed by atoms with Gasteiger partial charge in [0.05, 0.1) is 6.61 Å². The third-order valence-electron chi connectivity index (χ3n) is 5.76. The predicted molar refractivity (Wildman–Crippen MR) is 77.1 cm³/mol. The summed E-state index contributed by atoms with van der Waals surface area (Å²) >= 11 is 0. The number of hydrogen-bond acceptors (Lipinski definition) is 4. The summed E-state index contributed by atoms with van der Waals surface area (Å²) in [4.78, 5) is 11.4. The standard InChI is InChI=1S/C15H24O5S/c1-9(16)15(21(17,18)19)20-8-13-7-11-4-10-2-3-14(13)12(5-10)6-11/h10-15H,2-8H2,1H3,(H,17,18,19). The highest BCUT2D eigenvalue weighted by atomic mass is 32.2. The molecule has 0 saturated heterocycles. The van der Waals surface area contributed by atoms with Crippen molar-refractivity contribution >= 4 is 15.9 Å². The van der Waals surface area contributed by atoms with Gasteiger partial charge in [-0.05, 0) is 68.6 Å². The largest absolute Gasteiger partial charge is 0.353 e. The molecule has 0 amide bonds. The van der Waals surface area contributed by atoms with Gasteiger partial charge in [0.2, 0.25) is 5.44 Å². The predicted octanol–water partition coefficient (Wildman–Crippen LogP) is 2.27. The van der Waals surface area contributed by atoms with E-state index in [1.165, 1.54) is 32.1 Å². The fourth-order valence-corrected chi connectivity index (χ4v) is 5.77. The van der Waals surface area contributed by atoms with E-state index < -0.39 is 21.3 Å². The molecule has 6 atom stereocenters. The Bertz CT molecular complexity index is 508. The molecule has 3 rings (SSSR count). The van der Waals surface area contributed by atoms with E-state index in [1.54, 1.807) is 0 Å². The van der Waals surface area contributed by atoms with Gasteiger partial charge in [0.25, 0.3) is 10.1 Å². The summed E-state index contributed by atoms with van der Waals surface area (Å²) in [6.07, 6.45) is 7.48. The minimum atomic E-state index is -4.47. The van der Waals surface area contributed by atoms with Crippen LogP contribution in [-0.2, 0) is 19.6 Å². The maximum Gasteiger partial charge on any atom is 0.299 e. The number of carbonyl (C=O) groups is 1. The molecule has 3 aliphatic carbocycles. The maximum atomic E-state index is 11.4. The zero-order valence-corrected chi connectivity index (χ0v) is 13.2. The van der Waals surface area contributed by atoms with Crippen LogP contribution in [-0.4, -0.2) is 30.8 Å². The van der Waals surface area contributed by atoms with Crippen molar-refractivity contribution in [1.82, 2.24) is 0 Å². The molecule has 0 aromatic carbocycles. The van der Waals surface area contributed by atoms with Gasteiger partial charge in [-0.25, -0.2) is 0 Å². The molecule has 3 fully saturated rings. The summed E-state index contributed by atoms with van der Waals surface area (Å²) < 4.78 is 36.9. The molecule has 6 unspecified atom stereocenters. The van der Waals surface area contributed by atoms with Gasteiger partial charge in [0.1, 0.15) is 0 Å². The number of fused-ring (bicyclic) bond motifs is 2. The lowest BCUT2D eigenvalue weighted by Gasteiger charge is -2.52. The molecule has 6 heteroatoms. The number of rotatable bonds is 5. The molecule has 0 radical (unpaired) electrons. The molecule has 0 spiro atoms. The van der Waals surface area contributed by atoms with Gasteiger partial charge in [-0.1, -0.05) is 6.42 Å². The Balaban J connectivity index is 1.66. The van der Waals surface area contributed by atoms with Gasteiger partial charge in [-0.15, -0.1) is 0 Å². The first kappa shape index (κ1) is 15.4. The van der Waals surface area contributed by atoms with Crippen LogP contribution < -0.4 is 0 Å². The second-order valence-electron chi connectivity index (χ2n) is 7.23. The van der Waals surface area contributed by atoms with E-state index in [0.717, 1.165) is 31.1 Å². The fraction of sp³-hybridized carbons (Fsp3) is 0.933. The summed E-state index contributed by atoms with van der Waals surface area (Å²) in [6, 6.07) is 0. The summed E-state index contributed by atoms with van der Waals surface area (Å²) in [7, 11) is -4.47. The number of ketones is 1. The summed E-state index contributed by atoms with van der Waals surface area (Å²) in [5.41, 5.74) is -1.71. The Morgan fingerprint density at radius 2 is 1.90 bits per heavy atom. The maximum absolute atomic E-state index is 11.4. The topological polar surface area (TPSA) is 80.7 Å². The molecule has 3 saturated carbocycles. The van der Waals surface area contributed by atoms with Crippen molar-refractivity contribution in [2.75, 3.05) is 6.61 Å². The van der Waals surface area contributed by atoms with Crippen molar-refractivity contribution in [2.45, 2.75) is 50.9 Å². The van der Waals surface area contributed by atoms with Crippen LogP contribution >= 0.6 is 0 Å². The van der Waals surface area contributed by atoms with E-state index in [-0.39, 0.29) is 6.61 Å². The number of hydrogen-bond donors (Lipinski definition) is 1. The Kier molecular flexibility index (Phi) is 4.14. The minimum absolute atomic E-state index is 0.270. The molecule has 0 heterocycles. The van der Waals surface area contributed by atoms with Crippen molar-refractivity contribution in [1.29, 1.82) is 0 Å². The van der Waals surface area contributed by atoms with Crippen LogP contribution in [0.2, 0.25) is 0 Å². The summed E-state index contributed by atoms with van der Waals surface area (Å²) in [5.74, 6) is 2.67. The molecule has 120 valence electrons. The Morgan fingerprint density at radius 3 is 2.57 bits per heavy atom. The zero-order valence-electron chi connectivity index (χ0n) is 12.4. The third-order valence-corrected chi connectivity index (χ3v) is 6.77. The highest BCUT2D eigenvalue weighted by Crippen LogP contribution is 2.54. The van der Waals surface area contributed by atoms with E-state index >= 15 is 0 Å². The van der Waals surface area contributed by atoms with Crippen LogP contribution in [0.1, 0.15) is 45.4 Å². The molecule has 3 aliphatic rings. The first-order valence-corrected chi connectivity index (χ1v) is 9.43.